The van der Waals surface area contributed by atoms with Crippen LogP contribution in [0.4, 0.5) is 16.2 Å². The normalized spacial score (nSPS) is 15.8. The number of nitrogens with one attached hydrogen (secondary N) is 1. The lowest BCUT2D eigenvalue weighted by molar-refractivity contribution is 0.207. The second-order valence-corrected chi connectivity index (χ2v) is 7.05. The number of hydrogen-bond donors (Lipinski definition) is 1. The van der Waals surface area contributed by atoms with Crippen molar-refractivity contribution in [3.63, 3.8) is 0 Å². The summed E-state index contributed by atoms with van der Waals surface area (Å²) in [6, 6.07) is 1.25. The van der Waals surface area contributed by atoms with Gasteiger partial charge in [-0.2, -0.15) is 10.2 Å². The van der Waals surface area contributed by atoms with Gasteiger partial charge < -0.3 is 10.1 Å². The van der Waals surface area contributed by atoms with Gasteiger partial charge in [0, 0.05) is 6.20 Å². The number of carbonyl (C=O) groups is 1. The van der Waals surface area contributed by atoms with Crippen LogP contribution < -0.4 is 15.0 Å². The molecule has 0 saturated heterocycles. The number of carbonyl (C=O) groups excluding carboxylic acids is 1. The van der Waals surface area contributed by atoms with Gasteiger partial charge in [0.15, 0.2) is 11.6 Å². The van der Waals surface area contributed by atoms with Crippen LogP contribution in [0.5, 0.6) is 5.75 Å². The topological polar surface area (TPSA) is 98.1 Å². The molecule has 1 aliphatic heterocycles. The highest BCUT2D eigenvalue weighted by atomic mass is 79.9. The highest BCUT2D eigenvalue weighted by Gasteiger charge is 2.29. The number of ether oxygens (including phenoxy) is 1. The van der Waals surface area contributed by atoms with Crippen molar-refractivity contribution >= 4 is 44.9 Å². The van der Waals surface area contributed by atoms with Crippen molar-refractivity contribution in [3.8, 4) is 11.6 Å². The van der Waals surface area contributed by atoms with E-state index in [-0.39, 0.29) is 12.1 Å². The third-order valence-electron chi connectivity index (χ3n) is 3.81. The summed E-state index contributed by atoms with van der Waals surface area (Å²) < 4.78 is 6.50. The Morgan fingerprint density at radius 2 is 2.11 bits per heavy atom. The maximum absolute atomic E-state index is 12.8. The van der Waals surface area contributed by atoms with Crippen LogP contribution >= 0.6 is 27.5 Å². The molecule has 1 N–H and O–H groups in total. The molecular formula is C16H13BrClN7O2. The molecule has 1 aliphatic rings. The van der Waals surface area contributed by atoms with Gasteiger partial charge >= 0.3 is 6.03 Å². The monoisotopic (exact) mass is 449 g/mol. The molecule has 0 aliphatic carbocycles. The van der Waals surface area contributed by atoms with Gasteiger partial charge in [0.05, 0.1) is 46.5 Å². The van der Waals surface area contributed by atoms with Gasteiger partial charge in [-0.25, -0.2) is 9.78 Å². The van der Waals surface area contributed by atoms with Gasteiger partial charge in [-0.1, -0.05) is 11.6 Å². The number of amides is 2. The Labute approximate surface area is 167 Å². The predicted octanol–water partition coefficient (Wildman–Crippen LogP) is 3.29. The maximum atomic E-state index is 12.8. The lowest BCUT2D eigenvalue weighted by Crippen LogP contribution is -2.44. The molecule has 1 atom stereocenters. The fourth-order valence-corrected chi connectivity index (χ4v) is 3.33. The highest BCUT2D eigenvalue weighted by molar-refractivity contribution is 9.10. The van der Waals surface area contributed by atoms with Crippen molar-refractivity contribution in [2.24, 2.45) is 0 Å². The molecule has 0 spiro atoms. The summed E-state index contributed by atoms with van der Waals surface area (Å²) in [5, 5.41) is 11.1. The fraction of sp³-hybridized carbons (Fsp3) is 0.188. The van der Waals surface area contributed by atoms with Gasteiger partial charge in [-0.15, -0.1) is 4.80 Å². The van der Waals surface area contributed by atoms with E-state index in [9.17, 15) is 4.79 Å². The Bertz CT molecular complexity index is 998. The van der Waals surface area contributed by atoms with Crippen LogP contribution in [0.2, 0.25) is 5.02 Å². The van der Waals surface area contributed by atoms with E-state index in [4.69, 9.17) is 16.3 Å². The van der Waals surface area contributed by atoms with Gasteiger partial charge in [0.2, 0.25) is 0 Å². The van der Waals surface area contributed by atoms with Crippen molar-refractivity contribution in [2.45, 2.75) is 13.0 Å². The third-order valence-corrected chi connectivity index (χ3v) is 4.65. The molecule has 4 rings (SSSR count). The first kappa shape index (κ1) is 17.7. The lowest BCUT2D eigenvalue weighted by Gasteiger charge is -2.33. The standard InChI is InChI=1S/C16H13BrClN7O2/c1-9-8-24(13-7-19-6-11(17)14(13)27-9)16(26)23-10-4-12(18)15(20-5-10)25-21-2-3-22-25/h2-7,9H,8H2,1H3,(H,23,26). The minimum Gasteiger partial charge on any atom is -0.485 e. The zero-order valence-corrected chi connectivity index (χ0v) is 16.3. The SMILES string of the molecule is CC1CN(C(=O)Nc2cnc(-n3nccn3)c(Cl)c2)c2cncc(Br)c2O1. The minimum absolute atomic E-state index is 0.170. The predicted molar refractivity (Wildman–Crippen MR) is 103 cm³/mol. The number of urea groups is 1. The largest absolute Gasteiger partial charge is 0.485 e. The molecule has 0 fully saturated rings. The van der Waals surface area contributed by atoms with E-state index >= 15 is 0 Å². The average Bonchev–Trinajstić information content (AvgIpc) is 3.16. The number of hydrogen-bond acceptors (Lipinski definition) is 6. The number of anilines is 2. The van der Waals surface area contributed by atoms with E-state index in [0.717, 1.165) is 0 Å². The Kier molecular flexibility index (Phi) is 4.66. The molecule has 11 heteroatoms. The van der Waals surface area contributed by atoms with Gasteiger partial charge in [-0.05, 0) is 28.9 Å². The van der Waals surface area contributed by atoms with Gasteiger partial charge in [0.25, 0.3) is 0 Å². The molecule has 0 saturated carbocycles. The molecule has 138 valence electrons. The molecule has 2 amide bonds. The zero-order chi connectivity index (χ0) is 19.0. The summed E-state index contributed by atoms with van der Waals surface area (Å²) in [6.45, 7) is 2.27. The van der Waals surface area contributed by atoms with Crippen molar-refractivity contribution < 1.29 is 9.53 Å². The van der Waals surface area contributed by atoms with Crippen LogP contribution in [0.1, 0.15) is 6.92 Å². The molecule has 9 nitrogen and oxygen atoms in total. The van der Waals surface area contributed by atoms with Crippen LogP contribution in [0.25, 0.3) is 5.82 Å². The fourth-order valence-electron chi connectivity index (χ4n) is 2.67. The number of halogens is 2. The second kappa shape index (κ2) is 7.12. The first-order chi connectivity index (χ1) is 13.0. The van der Waals surface area contributed by atoms with Gasteiger partial charge in [-0.3, -0.25) is 9.88 Å². The van der Waals surface area contributed by atoms with E-state index in [2.05, 4.69) is 41.4 Å². The van der Waals surface area contributed by atoms with E-state index in [1.54, 1.807) is 23.4 Å². The maximum Gasteiger partial charge on any atom is 0.326 e. The van der Waals surface area contributed by atoms with Crippen molar-refractivity contribution in [1.82, 2.24) is 25.0 Å². The van der Waals surface area contributed by atoms with Crippen molar-refractivity contribution in [1.29, 1.82) is 0 Å². The molecule has 3 aromatic rings. The molecule has 27 heavy (non-hydrogen) atoms. The van der Waals surface area contributed by atoms with E-state index < -0.39 is 0 Å². The quantitative estimate of drug-likeness (QED) is 0.643. The summed E-state index contributed by atoms with van der Waals surface area (Å²) in [5.74, 6) is 0.952. The van der Waals surface area contributed by atoms with Crippen LogP contribution in [-0.4, -0.2) is 43.6 Å². The number of nitrogens with zero attached hydrogens (tertiary/aromatic N) is 6. The van der Waals surface area contributed by atoms with Crippen LogP contribution in [0.15, 0.2) is 41.5 Å². The number of pyridine rings is 2. The van der Waals surface area contributed by atoms with Crippen LogP contribution in [-0.2, 0) is 0 Å². The second-order valence-electron chi connectivity index (χ2n) is 5.79. The minimum atomic E-state index is -0.339. The number of aromatic nitrogens is 5. The van der Waals surface area contributed by atoms with Crippen LogP contribution in [0.3, 0.4) is 0 Å². The summed E-state index contributed by atoms with van der Waals surface area (Å²) in [6.07, 6.45) is 7.58. The van der Waals surface area contributed by atoms with E-state index in [1.807, 2.05) is 6.92 Å². The molecule has 0 radical (unpaired) electrons. The van der Waals surface area contributed by atoms with E-state index in [0.29, 0.717) is 39.0 Å². The van der Waals surface area contributed by atoms with E-state index in [1.165, 1.54) is 23.4 Å². The summed E-state index contributed by atoms with van der Waals surface area (Å²) in [4.78, 5) is 24.0. The molecule has 4 heterocycles. The Hall–Kier alpha value is -2.72. The molecule has 0 aromatic carbocycles. The molecular weight excluding hydrogens is 438 g/mol. The Morgan fingerprint density at radius 3 is 2.85 bits per heavy atom. The summed E-state index contributed by atoms with van der Waals surface area (Å²) in [7, 11) is 0. The summed E-state index contributed by atoms with van der Waals surface area (Å²) in [5.41, 5.74) is 1.03. The van der Waals surface area contributed by atoms with Crippen molar-refractivity contribution in [2.75, 3.05) is 16.8 Å². The molecule has 3 aromatic heterocycles. The Balaban J connectivity index is 1.58. The zero-order valence-electron chi connectivity index (χ0n) is 14.0. The third kappa shape index (κ3) is 3.45. The van der Waals surface area contributed by atoms with Gasteiger partial charge in [0.1, 0.15) is 11.8 Å². The molecule has 1 unspecified atom stereocenters. The van der Waals surface area contributed by atoms with Crippen LogP contribution in [0, 0.1) is 0 Å². The summed E-state index contributed by atoms with van der Waals surface area (Å²) >= 11 is 9.65. The molecule has 0 bridgehead atoms. The number of fused-ring (bicyclic) bond motifs is 1. The first-order valence-electron chi connectivity index (χ1n) is 7.94. The first-order valence-corrected chi connectivity index (χ1v) is 9.11. The Morgan fingerprint density at radius 1 is 1.33 bits per heavy atom. The lowest BCUT2D eigenvalue weighted by atomic mass is 10.2. The van der Waals surface area contributed by atoms with Crippen molar-refractivity contribution in [3.05, 3.63) is 46.5 Å². The highest BCUT2D eigenvalue weighted by Crippen LogP contribution is 2.38. The number of rotatable bonds is 2. The average molecular weight is 451 g/mol. The smallest absolute Gasteiger partial charge is 0.326 e.